The molecule has 0 aliphatic carbocycles. The summed E-state index contributed by atoms with van der Waals surface area (Å²) < 4.78 is 0. The smallest absolute Gasteiger partial charge is 0.00206 e. The van der Waals surface area contributed by atoms with Crippen LogP contribution >= 0.6 is 0 Å². The van der Waals surface area contributed by atoms with Gasteiger partial charge in [0.1, 0.15) is 0 Å². The van der Waals surface area contributed by atoms with E-state index >= 15 is 0 Å². The van der Waals surface area contributed by atoms with E-state index in [-0.39, 0.29) is 0 Å². The topological polar surface area (TPSA) is 62.1 Å². The summed E-state index contributed by atoms with van der Waals surface area (Å²) in [5, 5.41) is 10.5. The van der Waals surface area contributed by atoms with Gasteiger partial charge in [0, 0.05) is 0 Å². The minimum Gasteiger partial charge on any atom is -0.330 e. The van der Waals surface area contributed by atoms with Crippen LogP contribution in [0.15, 0.2) is 0 Å². The standard InChI is InChI=1S/C17H40N4/c1-3-5-9-17(4-2)16-21-15-8-14-20-13-7-12-19-11-6-10-18/h17,19-21H,3-16,18H2,1-2H3. The Balaban J connectivity index is 3.14. The van der Waals surface area contributed by atoms with Gasteiger partial charge in [0.25, 0.3) is 0 Å². The zero-order chi connectivity index (χ0) is 15.6. The predicted molar refractivity (Wildman–Crippen MR) is 94.8 cm³/mol. The molecule has 21 heavy (non-hydrogen) atoms. The molecule has 0 saturated carbocycles. The number of hydrogen-bond donors (Lipinski definition) is 4. The minimum absolute atomic E-state index is 0.787. The summed E-state index contributed by atoms with van der Waals surface area (Å²) in [5.74, 6) is 0.873. The molecule has 0 aromatic rings. The molecule has 0 rings (SSSR count). The Labute approximate surface area is 133 Å². The molecular weight excluding hydrogens is 260 g/mol. The van der Waals surface area contributed by atoms with Crippen molar-refractivity contribution in [3.63, 3.8) is 0 Å². The number of hydrogen-bond acceptors (Lipinski definition) is 4. The van der Waals surface area contributed by atoms with Gasteiger partial charge in [0.05, 0.1) is 0 Å². The monoisotopic (exact) mass is 300 g/mol. The highest BCUT2D eigenvalue weighted by atomic mass is 14.9. The van der Waals surface area contributed by atoms with Crippen molar-refractivity contribution in [3.8, 4) is 0 Å². The first-order valence-electron chi connectivity index (χ1n) is 9.17. The van der Waals surface area contributed by atoms with Crippen molar-refractivity contribution in [3.05, 3.63) is 0 Å². The normalized spacial score (nSPS) is 12.7. The van der Waals surface area contributed by atoms with Gasteiger partial charge in [0.15, 0.2) is 0 Å². The second-order valence-electron chi connectivity index (χ2n) is 5.97. The molecule has 0 aliphatic heterocycles. The third-order valence-corrected chi connectivity index (χ3v) is 3.95. The lowest BCUT2D eigenvalue weighted by atomic mass is 9.99. The van der Waals surface area contributed by atoms with Crippen molar-refractivity contribution in [2.24, 2.45) is 11.7 Å². The average Bonchev–Trinajstić information content (AvgIpc) is 2.51. The van der Waals surface area contributed by atoms with Crippen molar-refractivity contribution in [2.75, 3.05) is 45.8 Å². The highest BCUT2D eigenvalue weighted by molar-refractivity contribution is 4.61. The Bertz CT molecular complexity index is 188. The molecule has 5 N–H and O–H groups in total. The Morgan fingerprint density at radius 2 is 1.33 bits per heavy atom. The predicted octanol–water partition coefficient (Wildman–Crippen LogP) is 2.10. The van der Waals surface area contributed by atoms with Gasteiger partial charge in [-0.05, 0) is 77.4 Å². The SMILES string of the molecule is CCCCC(CC)CNCCCNCCCNCCCN. The summed E-state index contributed by atoms with van der Waals surface area (Å²) in [7, 11) is 0. The van der Waals surface area contributed by atoms with E-state index < -0.39 is 0 Å². The van der Waals surface area contributed by atoms with E-state index in [0.29, 0.717) is 0 Å². The van der Waals surface area contributed by atoms with Gasteiger partial charge in [0.2, 0.25) is 0 Å². The maximum atomic E-state index is 5.44. The molecule has 4 nitrogen and oxygen atoms in total. The molecule has 4 heteroatoms. The van der Waals surface area contributed by atoms with Crippen LogP contribution in [-0.2, 0) is 0 Å². The summed E-state index contributed by atoms with van der Waals surface area (Å²) in [5.41, 5.74) is 5.44. The first kappa shape index (κ1) is 20.8. The molecule has 0 saturated heterocycles. The molecule has 0 aromatic heterocycles. The highest BCUT2D eigenvalue weighted by Gasteiger charge is 2.04. The first-order valence-corrected chi connectivity index (χ1v) is 9.17. The maximum absolute atomic E-state index is 5.44. The fraction of sp³-hybridized carbons (Fsp3) is 1.00. The van der Waals surface area contributed by atoms with Crippen LogP contribution in [0.4, 0.5) is 0 Å². The third-order valence-electron chi connectivity index (χ3n) is 3.95. The van der Waals surface area contributed by atoms with E-state index in [2.05, 4.69) is 29.8 Å². The average molecular weight is 301 g/mol. The minimum atomic E-state index is 0.787. The lowest BCUT2D eigenvalue weighted by molar-refractivity contribution is 0.417. The Kier molecular flexibility index (Phi) is 17.8. The van der Waals surface area contributed by atoms with E-state index in [9.17, 15) is 0 Å². The molecule has 128 valence electrons. The molecule has 0 heterocycles. The van der Waals surface area contributed by atoms with E-state index in [1.165, 1.54) is 45.1 Å². The van der Waals surface area contributed by atoms with Gasteiger partial charge in [-0.3, -0.25) is 0 Å². The fourth-order valence-electron chi connectivity index (χ4n) is 2.40. The van der Waals surface area contributed by atoms with Gasteiger partial charge in [-0.25, -0.2) is 0 Å². The lowest BCUT2D eigenvalue weighted by Gasteiger charge is -2.15. The third kappa shape index (κ3) is 16.0. The highest BCUT2D eigenvalue weighted by Crippen LogP contribution is 2.10. The van der Waals surface area contributed by atoms with Crippen LogP contribution < -0.4 is 21.7 Å². The van der Waals surface area contributed by atoms with E-state index in [1.807, 2.05) is 0 Å². The summed E-state index contributed by atoms with van der Waals surface area (Å²) in [6.45, 7) is 12.1. The molecular formula is C17H40N4. The summed E-state index contributed by atoms with van der Waals surface area (Å²) in [6, 6.07) is 0. The molecule has 0 bridgehead atoms. The van der Waals surface area contributed by atoms with Gasteiger partial charge in [-0.1, -0.05) is 33.1 Å². The van der Waals surface area contributed by atoms with E-state index in [0.717, 1.165) is 51.6 Å². The van der Waals surface area contributed by atoms with Gasteiger partial charge < -0.3 is 21.7 Å². The van der Waals surface area contributed by atoms with Gasteiger partial charge in [-0.15, -0.1) is 0 Å². The molecule has 1 unspecified atom stereocenters. The Morgan fingerprint density at radius 1 is 0.762 bits per heavy atom. The zero-order valence-electron chi connectivity index (χ0n) is 14.6. The fourth-order valence-corrected chi connectivity index (χ4v) is 2.40. The number of rotatable bonds is 17. The van der Waals surface area contributed by atoms with Crippen LogP contribution in [0.25, 0.3) is 0 Å². The van der Waals surface area contributed by atoms with Crippen molar-refractivity contribution in [1.82, 2.24) is 16.0 Å². The van der Waals surface area contributed by atoms with Crippen LogP contribution in [0, 0.1) is 5.92 Å². The van der Waals surface area contributed by atoms with Crippen LogP contribution in [0.1, 0.15) is 58.8 Å². The van der Waals surface area contributed by atoms with Crippen LogP contribution in [0.5, 0.6) is 0 Å². The molecule has 0 radical (unpaired) electrons. The second-order valence-corrected chi connectivity index (χ2v) is 5.97. The lowest BCUT2D eigenvalue weighted by Crippen LogP contribution is -2.28. The van der Waals surface area contributed by atoms with Crippen LogP contribution in [0.2, 0.25) is 0 Å². The van der Waals surface area contributed by atoms with Crippen molar-refractivity contribution >= 4 is 0 Å². The van der Waals surface area contributed by atoms with Crippen molar-refractivity contribution < 1.29 is 0 Å². The van der Waals surface area contributed by atoms with Crippen molar-refractivity contribution in [2.45, 2.75) is 58.8 Å². The number of unbranched alkanes of at least 4 members (excludes halogenated alkanes) is 1. The second kappa shape index (κ2) is 17.9. The Morgan fingerprint density at radius 3 is 1.86 bits per heavy atom. The Hall–Kier alpha value is -0.160. The summed E-state index contributed by atoms with van der Waals surface area (Å²) in [4.78, 5) is 0. The number of nitrogens with two attached hydrogens (primary N) is 1. The van der Waals surface area contributed by atoms with Gasteiger partial charge in [-0.2, -0.15) is 0 Å². The molecule has 0 aromatic carbocycles. The van der Waals surface area contributed by atoms with E-state index in [4.69, 9.17) is 5.73 Å². The maximum Gasteiger partial charge on any atom is -0.00206 e. The first-order chi connectivity index (χ1) is 10.3. The molecule has 0 spiro atoms. The number of nitrogens with one attached hydrogen (secondary N) is 3. The molecule has 1 atom stereocenters. The largest absolute Gasteiger partial charge is 0.330 e. The van der Waals surface area contributed by atoms with Crippen LogP contribution in [0.3, 0.4) is 0 Å². The molecule has 0 amide bonds. The summed E-state index contributed by atoms with van der Waals surface area (Å²) >= 11 is 0. The van der Waals surface area contributed by atoms with Crippen molar-refractivity contribution in [1.29, 1.82) is 0 Å². The summed E-state index contributed by atoms with van der Waals surface area (Å²) in [6.07, 6.45) is 8.90. The molecule has 0 fully saturated rings. The van der Waals surface area contributed by atoms with E-state index in [1.54, 1.807) is 0 Å². The molecule has 0 aliphatic rings. The van der Waals surface area contributed by atoms with Gasteiger partial charge >= 0.3 is 0 Å². The van der Waals surface area contributed by atoms with Crippen LogP contribution in [-0.4, -0.2) is 45.8 Å². The zero-order valence-corrected chi connectivity index (χ0v) is 14.6. The quantitative estimate of drug-likeness (QED) is 0.311.